The molecule has 1 aliphatic rings. The van der Waals surface area contributed by atoms with Gasteiger partial charge in [0.25, 0.3) is 0 Å². The highest BCUT2D eigenvalue weighted by Gasteiger charge is 2.19. The summed E-state index contributed by atoms with van der Waals surface area (Å²) in [6, 6.07) is 5.42. The molecule has 1 aromatic rings. The summed E-state index contributed by atoms with van der Waals surface area (Å²) in [6.07, 6.45) is 5.14. The summed E-state index contributed by atoms with van der Waals surface area (Å²) < 4.78 is 0. The Kier molecular flexibility index (Phi) is 4.46. The lowest BCUT2D eigenvalue weighted by Crippen LogP contribution is -2.22. The van der Waals surface area contributed by atoms with Crippen LogP contribution in [0.15, 0.2) is 18.2 Å². The number of rotatable bonds is 4. The van der Waals surface area contributed by atoms with Crippen LogP contribution in [0.3, 0.4) is 0 Å². The standard InChI is InChI=1S/C16H23NO2/c1-11-5-3-7-13(9-11)10-17-15-12(2)6-4-8-14(15)16(18)19/h4,6,8,11,13,17H,3,5,7,9-10H2,1-2H3,(H,18,19). The van der Waals surface area contributed by atoms with Crippen molar-refractivity contribution in [3.05, 3.63) is 29.3 Å². The van der Waals surface area contributed by atoms with E-state index in [-0.39, 0.29) is 0 Å². The maximum Gasteiger partial charge on any atom is 0.337 e. The van der Waals surface area contributed by atoms with E-state index in [4.69, 9.17) is 0 Å². The lowest BCUT2D eigenvalue weighted by molar-refractivity contribution is 0.0698. The molecule has 2 unspecified atom stereocenters. The molecule has 0 aromatic heterocycles. The van der Waals surface area contributed by atoms with Crippen molar-refractivity contribution < 1.29 is 9.90 Å². The molecule has 0 spiro atoms. The Morgan fingerprint density at radius 2 is 2.21 bits per heavy atom. The van der Waals surface area contributed by atoms with Crippen molar-refractivity contribution in [1.82, 2.24) is 0 Å². The molecule has 0 heterocycles. The van der Waals surface area contributed by atoms with Gasteiger partial charge >= 0.3 is 5.97 Å². The van der Waals surface area contributed by atoms with Gasteiger partial charge in [0.05, 0.1) is 11.3 Å². The number of carboxylic acid groups (broad SMARTS) is 1. The average molecular weight is 261 g/mol. The smallest absolute Gasteiger partial charge is 0.337 e. The van der Waals surface area contributed by atoms with Gasteiger partial charge in [-0.2, -0.15) is 0 Å². The molecule has 104 valence electrons. The van der Waals surface area contributed by atoms with E-state index in [2.05, 4.69) is 12.2 Å². The molecule has 1 aliphatic carbocycles. The molecule has 3 heteroatoms. The zero-order valence-electron chi connectivity index (χ0n) is 11.8. The normalized spacial score (nSPS) is 23.1. The highest BCUT2D eigenvalue weighted by atomic mass is 16.4. The molecule has 0 saturated heterocycles. The molecule has 0 bridgehead atoms. The Labute approximate surface area is 115 Å². The van der Waals surface area contributed by atoms with Crippen molar-refractivity contribution in [3.63, 3.8) is 0 Å². The third-order valence-corrected chi connectivity index (χ3v) is 4.12. The third-order valence-electron chi connectivity index (χ3n) is 4.12. The van der Waals surface area contributed by atoms with E-state index >= 15 is 0 Å². The SMILES string of the molecule is Cc1cccc(C(=O)O)c1NCC1CCCC(C)C1. The zero-order valence-corrected chi connectivity index (χ0v) is 11.8. The van der Waals surface area contributed by atoms with Crippen LogP contribution in [0, 0.1) is 18.8 Å². The van der Waals surface area contributed by atoms with Crippen LogP contribution in [0.4, 0.5) is 5.69 Å². The van der Waals surface area contributed by atoms with Crippen LogP contribution in [-0.4, -0.2) is 17.6 Å². The van der Waals surface area contributed by atoms with Crippen molar-refractivity contribution in [3.8, 4) is 0 Å². The van der Waals surface area contributed by atoms with Gasteiger partial charge in [0.2, 0.25) is 0 Å². The summed E-state index contributed by atoms with van der Waals surface area (Å²) in [7, 11) is 0. The fraction of sp³-hybridized carbons (Fsp3) is 0.562. The van der Waals surface area contributed by atoms with E-state index in [1.807, 2.05) is 13.0 Å². The number of nitrogens with one attached hydrogen (secondary N) is 1. The first-order valence-electron chi connectivity index (χ1n) is 7.14. The van der Waals surface area contributed by atoms with Gasteiger partial charge in [0.1, 0.15) is 0 Å². The van der Waals surface area contributed by atoms with Crippen molar-refractivity contribution in [2.75, 3.05) is 11.9 Å². The maximum atomic E-state index is 11.2. The number of aryl methyl sites for hydroxylation is 1. The van der Waals surface area contributed by atoms with E-state index in [0.29, 0.717) is 11.5 Å². The van der Waals surface area contributed by atoms with Crippen LogP contribution < -0.4 is 5.32 Å². The van der Waals surface area contributed by atoms with Gasteiger partial charge in [-0.15, -0.1) is 0 Å². The van der Waals surface area contributed by atoms with Gasteiger partial charge < -0.3 is 10.4 Å². The molecule has 0 radical (unpaired) electrons. The minimum atomic E-state index is -0.858. The maximum absolute atomic E-state index is 11.2. The summed E-state index contributed by atoms with van der Waals surface area (Å²) >= 11 is 0. The number of anilines is 1. The number of hydrogen-bond acceptors (Lipinski definition) is 2. The fourth-order valence-corrected chi connectivity index (χ4v) is 3.07. The second kappa shape index (κ2) is 6.09. The molecular formula is C16H23NO2. The Balaban J connectivity index is 2.04. The summed E-state index contributed by atoms with van der Waals surface area (Å²) in [5.41, 5.74) is 2.17. The number of carbonyl (C=O) groups is 1. The monoisotopic (exact) mass is 261 g/mol. The summed E-state index contributed by atoms with van der Waals surface area (Å²) in [4.78, 5) is 11.2. The van der Waals surface area contributed by atoms with Gasteiger partial charge in [0, 0.05) is 6.54 Å². The van der Waals surface area contributed by atoms with Crippen LogP contribution in [-0.2, 0) is 0 Å². The zero-order chi connectivity index (χ0) is 13.8. The van der Waals surface area contributed by atoms with Gasteiger partial charge in [-0.05, 0) is 43.2 Å². The minimum absolute atomic E-state index is 0.379. The van der Waals surface area contributed by atoms with E-state index < -0.39 is 5.97 Å². The molecule has 3 nitrogen and oxygen atoms in total. The van der Waals surface area contributed by atoms with Crippen molar-refractivity contribution in [1.29, 1.82) is 0 Å². The number of hydrogen-bond donors (Lipinski definition) is 2. The topological polar surface area (TPSA) is 49.3 Å². The van der Waals surface area contributed by atoms with Gasteiger partial charge in [-0.25, -0.2) is 4.79 Å². The van der Waals surface area contributed by atoms with E-state index in [1.165, 1.54) is 25.7 Å². The number of benzene rings is 1. The molecule has 2 rings (SSSR count). The Morgan fingerprint density at radius 1 is 1.42 bits per heavy atom. The van der Waals surface area contributed by atoms with Crippen molar-refractivity contribution >= 4 is 11.7 Å². The van der Waals surface area contributed by atoms with Crippen LogP contribution in [0.5, 0.6) is 0 Å². The van der Waals surface area contributed by atoms with Gasteiger partial charge in [-0.3, -0.25) is 0 Å². The predicted octanol–water partition coefficient (Wildman–Crippen LogP) is 3.93. The van der Waals surface area contributed by atoms with Gasteiger partial charge in [0.15, 0.2) is 0 Å². The molecule has 0 aliphatic heterocycles. The summed E-state index contributed by atoms with van der Waals surface area (Å²) in [5.74, 6) is 0.615. The first-order chi connectivity index (χ1) is 9.08. The Morgan fingerprint density at radius 3 is 2.89 bits per heavy atom. The number of carboxylic acids is 1. The second-order valence-electron chi connectivity index (χ2n) is 5.82. The highest BCUT2D eigenvalue weighted by molar-refractivity contribution is 5.95. The second-order valence-corrected chi connectivity index (χ2v) is 5.82. The highest BCUT2D eigenvalue weighted by Crippen LogP contribution is 2.29. The number of aromatic carboxylic acids is 1. The van der Waals surface area contributed by atoms with Crippen LogP contribution >= 0.6 is 0 Å². The summed E-state index contributed by atoms with van der Waals surface area (Å²) in [5, 5.41) is 12.6. The molecule has 0 amide bonds. The average Bonchev–Trinajstić information content (AvgIpc) is 2.37. The van der Waals surface area contributed by atoms with Crippen LogP contribution in [0.1, 0.15) is 48.5 Å². The third kappa shape index (κ3) is 3.49. The van der Waals surface area contributed by atoms with Crippen LogP contribution in [0.25, 0.3) is 0 Å². The van der Waals surface area contributed by atoms with Crippen molar-refractivity contribution in [2.24, 2.45) is 11.8 Å². The molecular weight excluding hydrogens is 238 g/mol. The first-order valence-corrected chi connectivity index (χ1v) is 7.14. The van der Waals surface area contributed by atoms with Crippen LogP contribution in [0.2, 0.25) is 0 Å². The molecule has 2 N–H and O–H groups in total. The predicted molar refractivity (Wildman–Crippen MR) is 77.8 cm³/mol. The lowest BCUT2D eigenvalue weighted by atomic mass is 9.82. The number of para-hydroxylation sites is 1. The Bertz CT molecular complexity index is 456. The molecule has 1 aromatic carbocycles. The van der Waals surface area contributed by atoms with E-state index in [0.717, 1.165) is 23.7 Å². The summed E-state index contributed by atoms with van der Waals surface area (Å²) in [6.45, 7) is 5.15. The first kappa shape index (κ1) is 13.9. The quantitative estimate of drug-likeness (QED) is 0.863. The molecule has 1 saturated carbocycles. The largest absolute Gasteiger partial charge is 0.478 e. The fourth-order valence-electron chi connectivity index (χ4n) is 3.07. The van der Waals surface area contributed by atoms with Crippen molar-refractivity contribution in [2.45, 2.75) is 39.5 Å². The van der Waals surface area contributed by atoms with E-state index in [1.54, 1.807) is 12.1 Å². The molecule has 1 fully saturated rings. The van der Waals surface area contributed by atoms with Gasteiger partial charge in [-0.1, -0.05) is 31.9 Å². The molecule has 19 heavy (non-hydrogen) atoms. The minimum Gasteiger partial charge on any atom is -0.478 e. The lowest BCUT2D eigenvalue weighted by Gasteiger charge is -2.27. The molecule has 2 atom stereocenters. The Hall–Kier alpha value is -1.51. The van der Waals surface area contributed by atoms with E-state index in [9.17, 15) is 9.90 Å².